The molecular weight excluding hydrogens is 344 g/mol. The van der Waals surface area contributed by atoms with Gasteiger partial charge in [0.15, 0.2) is 0 Å². The van der Waals surface area contributed by atoms with E-state index in [2.05, 4.69) is 25.8 Å². The van der Waals surface area contributed by atoms with Crippen LogP contribution in [-0.4, -0.2) is 79.4 Å². The predicted octanol–water partition coefficient (Wildman–Crippen LogP) is 1.04. The number of nitrogens with zero attached hydrogens (tertiary/aromatic N) is 6. The summed E-state index contributed by atoms with van der Waals surface area (Å²) >= 11 is 0. The van der Waals surface area contributed by atoms with E-state index in [1.165, 1.54) is 0 Å². The van der Waals surface area contributed by atoms with Gasteiger partial charge in [-0.05, 0) is 12.1 Å². The van der Waals surface area contributed by atoms with Crippen LogP contribution in [0.5, 0.6) is 5.88 Å². The lowest BCUT2D eigenvalue weighted by Crippen LogP contribution is -2.51. The van der Waals surface area contributed by atoms with Gasteiger partial charge < -0.3 is 19.3 Å². The maximum atomic E-state index is 6.07. The smallest absolute Gasteiger partial charge is 0.226 e. The summed E-state index contributed by atoms with van der Waals surface area (Å²) in [5.41, 5.74) is 1.10. The lowest BCUT2D eigenvalue weighted by atomic mass is 10.1. The summed E-state index contributed by atoms with van der Waals surface area (Å²) in [4.78, 5) is 20.1. The Morgan fingerprint density at radius 3 is 2.93 bits per heavy atom. The Balaban J connectivity index is 1.51. The highest BCUT2D eigenvalue weighted by atomic mass is 16.5. The molecule has 2 fully saturated rings. The number of aromatic nitrogens is 3. The summed E-state index contributed by atoms with van der Waals surface area (Å²) in [6, 6.07) is 6.29. The molecule has 2 aliphatic rings. The van der Waals surface area contributed by atoms with E-state index < -0.39 is 0 Å². The van der Waals surface area contributed by atoms with Crippen molar-refractivity contribution in [1.82, 2.24) is 19.9 Å². The van der Waals surface area contributed by atoms with Crippen LogP contribution in [0.15, 0.2) is 30.6 Å². The van der Waals surface area contributed by atoms with E-state index >= 15 is 0 Å². The van der Waals surface area contributed by atoms with Gasteiger partial charge in [0.1, 0.15) is 5.82 Å². The second kappa shape index (κ2) is 7.66. The number of pyridine rings is 1. The van der Waals surface area contributed by atoms with Gasteiger partial charge in [-0.3, -0.25) is 4.90 Å². The van der Waals surface area contributed by atoms with Crippen molar-refractivity contribution in [2.45, 2.75) is 18.7 Å². The molecule has 8 heteroatoms. The monoisotopic (exact) mass is 370 g/mol. The van der Waals surface area contributed by atoms with Crippen LogP contribution in [0.4, 0.5) is 11.8 Å². The fourth-order valence-electron chi connectivity index (χ4n) is 3.86. The topological polar surface area (TPSA) is 66.9 Å². The van der Waals surface area contributed by atoms with Crippen molar-refractivity contribution in [3.05, 3.63) is 36.2 Å². The molecule has 0 saturated carbocycles. The van der Waals surface area contributed by atoms with Gasteiger partial charge in [-0.15, -0.1) is 0 Å². The first-order valence-corrected chi connectivity index (χ1v) is 9.24. The van der Waals surface area contributed by atoms with E-state index in [-0.39, 0.29) is 12.1 Å². The zero-order valence-electron chi connectivity index (χ0n) is 16.1. The largest absolute Gasteiger partial charge is 0.481 e. The van der Waals surface area contributed by atoms with Crippen molar-refractivity contribution in [2.75, 3.05) is 57.2 Å². The highest BCUT2D eigenvalue weighted by Crippen LogP contribution is 2.29. The quantitative estimate of drug-likeness (QED) is 0.773. The molecule has 0 unspecified atom stereocenters. The molecule has 0 bridgehead atoms. The third-order valence-electron chi connectivity index (χ3n) is 5.14. The first-order chi connectivity index (χ1) is 13.2. The highest BCUT2D eigenvalue weighted by Gasteiger charge is 2.40. The van der Waals surface area contributed by atoms with E-state index in [0.717, 1.165) is 43.5 Å². The molecule has 2 aromatic rings. The zero-order valence-corrected chi connectivity index (χ0v) is 16.1. The number of morpholine rings is 1. The van der Waals surface area contributed by atoms with Gasteiger partial charge in [-0.25, -0.2) is 9.97 Å². The molecule has 2 atom stereocenters. The van der Waals surface area contributed by atoms with Gasteiger partial charge >= 0.3 is 0 Å². The standard InChI is InChI=1S/C19H26N6O2/c1-23(2)19-21-8-6-17(22-19)25-9-10-27-16-13-24(12-15(16)25)11-14-5-4-7-20-18(14)26-3/h4-8,15-16H,9-13H2,1-3H3/t15-,16+/m1/s1. The van der Waals surface area contributed by atoms with Crippen LogP contribution in [0.2, 0.25) is 0 Å². The predicted molar refractivity (Wildman–Crippen MR) is 103 cm³/mol. The number of hydrogen-bond acceptors (Lipinski definition) is 8. The Kier molecular flexibility index (Phi) is 5.09. The average Bonchev–Trinajstić information content (AvgIpc) is 3.11. The molecule has 0 N–H and O–H groups in total. The van der Waals surface area contributed by atoms with Crippen LogP contribution in [0.1, 0.15) is 5.56 Å². The summed E-state index contributed by atoms with van der Waals surface area (Å²) in [5, 5.41) is 0. The Labute approximate surface area is 159 Å². The second-order valence-corrected chi connectivity index (χ2v) is 7.15. The van der Waals surface area contributed by atoms with Gasteiger partial charge in [-0.1, -0.05) is 6.07 Å². The molecule has 4 rings (SSSR count). The molecule has 0 spiro atoms. The van der Waals surface area contributed by atoms with Crippen molar-refractivity contribution < 1.29 is 9.47 Å². The Morgan fingerprint density at radius 2 is 2.11 bits per heavy atom. The lowest BCUT2D eigenvalue weighted by molar-refractivity contribution is 0.0303. The summed E-state index contributed by atoms with van der Waals surface area (Å²) in [5.74, 6) is 2.38. The van der Waals surface area contributed by atoms with E-state index in [0.29, 0.717) is 12.5 Å². The number of likely N-dealkylation sites (tertiary alicyclic amines) is 1. The van der Waals surface area contributed by atoms with Crippen LogP contribution in [0.3, 0.4) is 0 Å². The molecule has 2 aliphatic heterocycles. The molecule has 0 amide bonds. The number of ether oxygens (including phenoxy) is 2. The Hall–Kier alpha value is -2.45. The van der Waals surface area contributed by atoms with Crippen molar-refractivity contribution in [3.8, 4) is 5.88 Å². The third kappa shape index (κ3) is 3.68. The molecule has 144 valence electrons. The SMILES string of the molecule is COc1ncccc1CN1C[C@@H]2OCCN(c3ccnc(N(C)C)n3)[C@@H]2C1. The first kappa shape index (κ1) is 17.9. The summed E-state index contributed by atoms with van der Waals surface area (Å²) in [7, 11) is 5.58. The normalized spacial score (nSPS) is 22.6. The first-order valence-electron chi connectivity index (χ1n) is 9.24. The van der Waals surface area contributed by atoms with Crippen LogP contribution >= 0.6 is 0 Å². The second-order valence-electron chi connectivity index (χ2n) is 7.15. The molecule has 2 saturated heterocycles. The number of rotatable bonds is 5. The van der Waals surface area contributed by atoms with Crippen molar-refractivity contribution in [3.63, 3.8) is 0 Å². The number of hydrogen-bond donors (Lipinski definition) is 0. The molecular formula is C19H26N6O2. The number of anilines is 2. The van der Waals surface area contributed by atoms with Crippen LogP contribution in [0.25, 0.3) is 0 Å². The fraction of sp³-hybridized carbons (Fsp3) is 0.526. The lowest BCUT2D eigenvalue weighted by Gasteiger charge is -2.37. The molecule has 0 aromatic carbocycles. The summed E-state index contributed by atoms with van der Waals surface area (Å²) < 4.78 is 11.5. The van der Waals surface area contributed by atoms with Gasteiger partial charge in [0.2, 0.25) is 11.8 Å². The molecule has 27 heavy (non-hydrogen) atoms. The van der Waals surface area contributed by atoms with Crippen LogP contribution in [0, 0.1) is 0 Å². The van der Waals surface area contributed by atoms with Crippen molar-refractivity contribution >= 4 is 11.8 Å². The van der Waals surface area contributed by atoms with E-state index in [1.807, 2.05) is 37.3 Å². The third-order valence-corrected chi connectivity index (χ3v) is 5.14. The summed E-state index contributed by atoms with van der Waals surface area (Å²) in [6.07, 6.45) is 3.77. The summed E-state index contributed by atoms with van der Waals surface area (Å²) in [6.45, 7) is 4.17. The van der Waals surface area contributed by atoms with Crippen molar-refractivity contribution in [2.24, 2.45) is 0 Å². The highest BCUT2D eigenvalue weighted by molar-refractivity contribution is 5.45. The maximum Gasteiger partial charge on any atom is 0.226 e. The van der Waals surface area contributed by atoms with E-state index in [9.17, 15) is 0 Å². The molecule has 4 heterocycles. The van der Waals surface area contributed by atoms with Gasteiger partial charge in [-0.2, -0.15) is 4.98 Å². The fourth-order valence-corrected chi connectivity index (χ4v) is 3.86. The van der Waals surface area contributed by atoms with E-state index in [1.54, 1.807) is 13.3 Å². The molecule has 0 aliphatic carbocycles. The van der Waals surface area contributed by atoms with Gasteiger partial charge in [0.25, 0.3) is 0 Å². The average molecular weight is 370 g/mol. The maximum absolute atomic E-state index is 6.07. The minimum atomic E-state index is 0.180. The minimum Gasteiger partial charge on any atom is -0.481 e. The molecule has 0 radical (unpaired) electrons. The zero-order chi connectivity index (χ0) is 18.8. The van der Waals surface area contributed by atoms with Gasteiger partial charge in [0, 0.05) is 58.2 Å². The minimum absolute atomic E-state index is 0.180. The molecule has 2 aromatic heterocycles. The Morgan fingerprint density at radius 1 is 1.22 bits per heavy atom. The molecule has 8 nitrogen and oxygen atoms in total. The van der Waals surface area contributed by atoms with E-state index in [4.69, 9.17) is 14.5 Å². The van der Waals surface area contributed by atoms with Crippen LogP contribution in [-0.2, 0) is 11.3 Å². The van der Waals surface area contributed by atoms with Crippen molar-refractivity contribution in [1.29, 1.82) is 0 Å². The number of fused-ring (bicyclic) bond motifs is 1. The Bertz CT molecular complexity index is 786. The number of methoxy groups -OCH3 is 1. The van der Waals surface area contributed by atoms with Gasteiger partial charge in [0.05, 0.1) is 25.9 Å². The van der Waals surface area contributed by atoms with Crippen LogP contribution < -0.4 is 14.5 Å².